The molecule has 1 amide bonds. The number of nitrogens with zero attached hydrogens (tertiary/aromatic N) is 2. The Hall–Kier alpha value is -3.27. The Morgan fingerprint density at radius 3 is 2.26 bits per heavy atom. The fourth-order valence-corrected chi connectivity index (χ4v) is 6.30. The van der Waals surface area contributed by atoms with E-state index in [-0.39, 0.29) is 5.91 Å². The predicted molar refractivity (Wildman–Crippen MR) is 138 cm³/mol. The maximum atomic E-state index is 13.3. The molecule has 2 bridgehead atoms. The van der Waals surface area contributed by atoms with Gasteiger partial charge in [0.2, 0.25) is 0 Å². The van der Waals surface area contributed by atoms with E-state index in [4.69, 9.17) is 4.98 Å². The molecular weight excluding hydrogens is 418 g/mol. The second kappa shape index (κ2) is 9.17. The summed E-state index contributed by atoms with van der Waals surface area (Å²) in [5, 5.41) is 5.26. The van der Waals surface area contributed by atoms with Crippen LogP contribution in [0.1, 0.15) is 73.3 Å². The summed E-state index contributed by atoms with van der Waals surface area (Å²) in [6.45, 7) is 0. The zero-order valence-corrected chi connectivity index (χ0v) is 19.5. The van der Waals surface area contributed by atoms with Gasteiger partial charge in [-0.25, -0.2) is 4.98 Å². The first-order chi connectivity index (χ1) is 16.7. The summed E-state index contributed by atoms with van der Waals surface area (Å²) in [6, 6.07) is 20.3. The molecular formula is C30H31N3O. The number of nitrogens with one attached hydrogen (secondary N) is 1. The summed E-state index contributed by atoms with van der Waals surface area (Å²) in [7, 11) is 0. The molecule has 0 saturated heterocycles. The number of carbonyl (C=O) groups is 1. The van der Waals surface area contributed by atoms with Gasteiger partial charge in [-0.1, -0.05) is 74.9 Å². The second-order valence-electron chi connectivity index (χ2n) is 10.2. The molecule has 2 aromatic carbocycles. The average molecular weight is 450 g/mol. The van der Waals surface area contributed by atoms with Crippen LogP contribution < -0.4 is 5.32 Å². The number of rotatable bonds is 3. The lowest BCUT2D eigenvalue weighted by Gasteiger charge is -2.35. The SMILES string of the molecule is O=C(Nc1cnc2ccccc2c1)c1cc(C2CC3CCCC(CCC3)C2)c2ccccc2n1. The number of benzene rings is 2. The van der Waals surface area contributed by atoms with Crippen molar-refractivity contribution in [3.05, 3.63) is 78.1 Å². The smallest absolute Gasteiger partial charge is 0.274 e. The lowest BCUT2D eigenvalue weighted by atomic mass is 9.71. The Morgan fingerprint density at radius 2 is 1.50 bits per heavy atom. The number of aromatic nitrogens is 2. The zero-order chi connectivity index (χ0) is 22.9. The van der Waals surface area contributed by atoms with Gasteiger partial charge in [-0.3, -0.25) is 9.78 Å². The average Bonchev–Trinajstić information content (AvgIpc) is 2.82. The van der Waals surface area contributed by atoms with Crippen LogP contribution in [0.5, 0.6) is 0 Å². The van der Waals surface area contributed by atoms with E-state index in [2.05, 4.69) is 28.5 Å². The largest absolute Gasteiger partial charge is 0.319 e. The molecule has 3 saturated carbocycles. The third-order valence-corrected chi connectivity index (χ3v) is 7.95. The fourth-order valence-electron chi connectivity index (χ4n) is 6.30. The van der Waals surface area contributed by atoms with Crippen molar-refractivity contribution in [3.63, 3.8) is 0 Å². The predicted octanol–water partition coefficient (Wildman–Crippen LogP) is 7.50. The Morgan fingerprint density at radius 1 is 0.824 bits per heavy atom. The van der Waals surface area contributed by atoms with E-state index in [1.54, 1.807) is 6.20 Å². The standard InChI is InChI=1S/C30H31N3O/c34-30(32-24-17-22-11-1-3-13-27(22)31-19-24)29-18-26(25-12-2-4-14-28(25)33-29)23-15-20-7-5-8-21(16-23)10-6-9-20/h1-4,11-14,17-21,23H,5-10,15-16H2,(H,32,34). The van der Waals surface area contributed by atoms with Crippen LogP contribution in [0.3, 0.4) is 0 Å². The molecule has 0 atom stereocenters. The van der Waals surface area contributed by atoms with Gasteiger partial charge in [0.25, 0.3) is 5.91 Å². The summed E-state index contributed by atoms with van der Waals surface area (Å²) in [4.78, 5) is 22.6. The number of hydrogen-bond donors (Lipinski definition) is 1. The molecule has 2 heterocycles. The normalized spacial score (nSPS) is 22.8. The third kappa shape index (κ3) is 4.29. The first-order valence-electron chi connectivity index (χ1n) is 12.8. The number of hydrogen-bond acceptors (Lipinski definition) is 3. The van der Waals surface area contributed by atoms with Crippen LogP contribution in [0.2, 0.25) is 0 Å². The number of anilines is 1. The van der Waals surface area contributed by atoms with Crippen LogP contribution in [0.15, 0.2) is 66.9 Å². The number of carbonyl (C=O) groups excluding carboxylic acids is 1. The lowest BCUT2D eigenvalue weighted by molar-refractivity contribution is 0.102. The Kier molecular flexibility index (Phi) is 5.74. The molecule has 4 nitrogen and oxygen atoms in total. The van der Waals surface area contributed by atoms with Gasteiger partial charge in [0.05, 0.1) is 22.9 Å². The highest BCUT2D eigenvalue weighted by molar-refractivity contribution is 6.05. The molecule has 3 aliphatic carbocycles. The van der Waals surface area contributed by atoms with Crippen molar-refractivity contribution in [2.75, 3.05) is 5.32 Å². The first kappa shape index (κ1) is 21.3. The van der Waals surface area contributed by atoms with Crippen LogP contribution in [-0.4, -0.2) is 15.9 Å². The van der Waals surface area contributed by atoms with Gasteiger partial charge in [-0.05, 0) is 60.4 Å². The van der Waals surface area contributed by atoms with E-state index in [0.29, 0.717) is 17.3 Å². The minimum absolute atomic E-state index is 0.171. The molecule has 0 radical (unpaired) electrons. The monoisotopic (exact) mass is 449 g/mol. The van der Waals surface area contributed by atoms with Crippen molar-refractivity contribution >= 4 is 33.4 Å². The minimum Gasteiger partial charge on any atom is -0.319 e. The molecule has 7 rings (SSSR count). The van der Waals surface area contributed by atoms with Crippen molar-refractivity contribution in [1.82, 2.24) is 9.97 Å². The molecule has 1 N–H and O–H groups in total. The first-order valence-corrected chi connectivity index (χ1v) is 12.8. The Labute approximate surface area is 200 Å². The van der Waals surface area contributed by atoms with Crippen molar-refractivity contribution in [1.29, 1.82) is 0 Å². The quantitative estimate of drug-likeness (QED) is 0.352. The Balaban J connectivity index is 1.35. The van der Waals surface area contributed by atoms with Crippen LogP contribution in [-0.2, 0) is 0 Å². The molecule has 172 valence electrons. The van der Waals surface area contributed by atoms with Crippen molar-refractivity contribution in [2.45, 2.75) is 57.3 Å². The van der Waals surface area contributed by atoms with Crippen molar-refractivity contribution in [3.8, 4) is 0 Å². The van der Waals surface area contributed by atoms with E-state index in [0.717, 1.165) is 28.3 Å². The summed E-state index contributed by atoms with van der Waals surface area (Å²) in [5.41, 5.74) is 4.33. The molecule has 0 spiro atoms. The lowest BCUT2D eigenvalue weighted by Crippen LogP contribution is -2.21. The van der Waals surface area contributed by atoms with Gasteiger partial charge in [-0.15, -0.1) is 0 Å². The van der Waals surface area contributed by atoms with Crippen LogP contribution in [0.25, 0.3) is 21.8 Å². The molecule has 3 fully saturated rings. The van der Waals surface area contributed by atoms with Crippen molar-refractivity contribution < 1.29 is 4.79 Å². The van der Waals surface area contributed by atoms with Gasteiger partial charge in [0.1, 0.15) is 5.69 Å². The van der Waals surface area contributed by atoms with E-state index >= 15 is 0 Å². The molecule has 34 heavy (non-hydrogen) atoms. The van der Waals surface area contributed by atoms with E-state index in [1.807, 2.05) is 42.5 Å². The zero-order valence-electron chi connectivity index (χ0n) is 19.5. The number of para-hydroxylation sites is 2. The van der Waals surface area contributed by atoms with Gasteiger partial charge in [0.15, 0.2) is 0 Å². The molecule has 4 aromatic rings. The summed E-state index contributed by atoms with van der Waals surface area (Å²) in [5.74, 6) is 1.94. The summed E-state index contributed by atoms with van der Waals surface area (Å²) < 4.78 is 0. The summed E-state index contributed by atoms with van der Waals surface area (Å²) >= 11 is 0. The molecule has 0 aliphatic heterocycles. The highest BCUT2D eigenvalue weighted by Crippen LogP contribution is 2.44. The van der Waals surface area contributed by atoms with Crippen LogP contribution >= 0.6 is 0 Å². The van der Waals surface area contributed by atoms with E-state index in [9.17, 15) is 4.79 Å². The van der Waals surface area contributed by atoms with Gasteiger partial charge < -0.3 is 5.32 Å². The molecule has 2 aromatic heterocycles. The topological polar surface area (TPSA) is 54.9 Å². The molecule has 0 unspecified atom stereocenters. The molecule has 3 aliphatic rings. The van der Waals surface area contributed by atoms with E-state index < -0.39 is 0 Å². The highest BCUT2D eigenvalue weighted by Gasteiger charge is 2.29. The fraction of sp³-hybridized carbons (Fsp3) is 0.367. The van der Waals surface area contributed by atoms with Crippen LogP contribution in [0.4, 0.5) is 5.69 Å². The van der Waals surface area contributed by atoms with Gasteiger partial charge in [0, 0.05) is 10.8 Å². The minimum atomic E-state index is -0.171. The second-order valence-corrected chi connectivity index (χ2v) is 10.2. The summed E-state index contributed by atoms with van der Waals surface area (Å²) in [6.07, 6.45) is 12.4. The van der Waals surface area contributed by atoms with E-state index in [1.165, 1.54) is 62.3 Å². The highest BCUT2D eigenvalue weighted by atomic mass is 16.1. The number of amides is 1. The van der Waals surface area contributed by atoms with Crippen molar-refractivity contribution in [2.24, 2.45) is 11.8 Å². The third-order valence-electron chi connectivity index (χ3n) is 7.95. The van der Waals surface area contributed by atoms with Gasteiger partial charge >= 0.3 is 0 Å². The van der Waals surface area contributed by atoms with Gasteiger partial charge in [-0.2, -0.15) is 0 Å². The number of pyridine rings is 2. The Bertz CT molecular complexity index is 1320. The maximum Gasteiger partial charge on any atom is 0.274 e. The van der Waals surface area contributed by atoms with Crippen LogP contribution in [0, 0.1) is 11.8 Å². The molecule has 4 heteroatoms. The number of fused-ring (bicyclic) bond motifs is 8. The maximum absolute atomic E-state index is 13.3.